The van der Waals surface area contributed by atoms with Gasteiger partial charge in [-0.1, -0.05) is 15.9 Å². The summed E-state index contributed by atoms with van der Waals surface area (Å²) in [7, 11) is -0.812. The summed E-state index contributed by atoms with van der Waals surface area (Å²) in [6, 6.07) is 5.92. The van der Waals surface area contributed by atoms with Crippen LogP contribution in [0, 0.1) is 0 Å². The lowest BCUT2D eigenvalue weighted by Gasteiger charge is -2.06. The highest BCUT2D eigenvalue weighted by atomic mass is 79.9. The minimum atomic E-state index is -0.812. The molecule has 0 aliphatic carbocycles. The molecule has 0 aliphatic heterocycles. The average Bonchev–Trinajstić information content (AvgIpc) is 2.63. The Morgan fingerprint density at radius 3 is 2.94 bits per heavy atom. The molecule has 0 spiro atoms. The van der Waals surface area contributed by atoms with Crippen molar-refractivity contribution >= 4 is 49.4 Å². The smallest absolute Gasteiger partial charge is 0.124 e. The van der Waals surface area contributed by atoms with Crippen molar-refractivity contribution in [3.8, 4) is 0 Å². The lowest BCUT2D eigenvalue weighted by molar-refractivity contribution is 0.676. The molecule has 1 aromatic carbocycles. The first kappa shape index (κ1) is 13.1. The van der Waals surface area contributed by atoms with Gasteiger partial charge in [-0.2, -0.15) is 0 Å². The molecule has 0 saturated carbocycles. The van der Waals surface area contributed by atoms with E-state index in [0.717, 1.165) is 21.3 Å². The molecule has 2 aromatic rings. The maximum Gasteiger partial charge on any atom is 0.124 e. The SMILES string of the molecule is CS(=O)CCn1c(CCl)nc2ccc(Br)cc21. The molecule has 6 heteroatoms. The highest BCUT2D eigenvalue weighted by molar-refractivity contribution is 9.10. The molecule has 0 aliphatic rings. The molecule has 17 heavy (non-hydrogen) atoms. The topological polar surface area (TPSA) is 34.9 Å². The van der Waals surface area contributed by atoms with Gasteiger partial charge >= 0.3 is 0 Å². The summed E-state index contributed by atoms with van der Waals surface area (Å²) in [4.78, 5) is 4.46. The number of hydrogen-bond acceptors (Lipinski definition) is 2. The Labute approximate surface area is 116 Å². The van der Waals surface area contributed by atoms with Crippen molar-refractivity contribution in [2.75, 3.05) is 12.0 Å². The summed E-state index contributed by atoms with van der Waals surface area (Å²) in [5, 5.41) is 0. The van der Waals surface area contributed by atoms with Crippen LogP contribution in [-0.2, 0) is 23.2 Å². The van der Waals surface area contributed by atoms with E-state index in [4.69, 9.17) is 11.6 Å². The number of halogens is 2. The van der Waals surface area contributed by atoms with E-state index in [2.05, 4.69) is 20.9 Å². The molecule has 1 heterocycles. The van der Waals surface area contributed by atoms with Crippen LogP contribution in [0.25, 0.3) is 11.0 Å². The minimum Gasteiger partial charge on any atom is -0.326 e. The van der Waals surface area contributed by atoms with Crippen molar-refractivity contribution in [3.05, 3.63) is 28.5 Å². The van der Waals surface area contributed by atoms with Crippen LogP contribution >= 0.6 is 27.5 Å². The van der Waals surface area contributed by atoms with Crippen LogP contribution in [0.4, 0.5) is 0 Å². The zero-order chi connectivity index (χ0) is 12.4. The third-order valence-corrected chi connectivity index (χ3v) is 4.00. The van der Waals surface area contributed by atoms with Crippen LogP contribution in [0.3, 0.4) is 0 Å². The molecule has 1 unspecified atom stereocenters. The first-order chi connectivity index (χ1) is 8.11. The minimum absolute atomic E-state index is 0.364. The van der Waals surface area contributed by atoms with Crippen molar-refractivity contribution in [2.45, 2.75) is 12.4 Å². The van der Waals surface area contributed by atoms with E-state index in [0.29, 0.717) is 18.2 Å². The molecule has 92 valence electrons. The van der Waals surface area contributed by atoms with Gasteiger partial charge in [-0.15, -0.1) is 11.6 Å². The molecule has 1 aromatic heterocycles. The van der Waals surface area contributed by atoms with Crippen LogP contribution in [0.5, 0.6) is 0 Å². The molecule has 0 saturated heterocycles. The van der Waals surface area contributed by atoms with Crippen molar-refractivity contribution in [2.24, 2.45) is 0 Å². The summed E-state index contributed by atoms with van der Waals surface area (Å²) in [6.45, 7) is 0.679. The number of imidazole rings is 1. The summed E-state index contributed by atoms with van der Waals surface area (Å²) in [5.74, 6) is 1.80. The lowest BCUT2D eigenvalue weighted by Crippen LogP contribution is -2.09. The van der Waals surface area contributed by atoms with Gasteiger partial charge < -0.3 is 4.57 Å². The molecule has 0 N–H and O–H groups in total. The number of aryl methyl sites for hydroxylation is 1. The number of hydrogen-bond donors (Lipinski definition) is 0. The van der Waals surface area contributed by atoms with E-state index >= 15 is 0 Å². The monoisotopic (exact) mass is 334 g/mol. The quantitative estimate of drug-likeness (QED) is 0.805. The fraction of sp³-hybridized carbons (Fsp3) is 0.364. The zero-order valence-corrected chi connectivity index (χ0v) is 12.5. The molecule has 0 fully saturated rings. The molecule has 0 amide bonds. The Morgan fingerprint density at radius 1 is 1.53 bits per heavy atom. The van der Waals surface area contributed by atoms with E-state index in [1.54, 1.807) is 6.26 Å². The fourth-order valence-electron chi connectivity index (χ4n) is 1.72. The van der Waals surface area contributed by atoms with Crippen LogP contribution < -0.4 is 0 Å². The molecule has 1 atom stereocenters. The maximum atomic E-state index is 11.2. The van der Waals surface area contributed by atoms with Gasteiger partial charge in [0.2, 0.25) is 0 Å². The standard InChI is InChI=1S/C11H12BrClN2OS/c1-17(16)5-4-15-10-6-8(12)2-3-9(10)14-11(15)7-13/h2-3,6H,4-5,7H2,1H3. The van der Waals surface area contributed by atoms with Gasteiger partial charge in [-0.3, -0.25) is 4.21 Å². The number of aromatic nitrogens is 2. The third kappa shape index (κ3) is 2.89. The molecule has 2 rings (SSSR count). The van der Waals surface area contributed by atoms with E-state index < -0.39 is 10.8 Å². The number of rotatable bonds is 4. The van der Waals surface area contributed by atoms with Gasteiger partial charge in [0.15, 0.2) is 0 Å². The summed E-state index contributed by atoms with van der Waals surface area (Å²) in [5.41, 5.74) is 1.95. The second-order valence-corrected chi connectivity index (χ2v) is 6.46. The normalized spacial score (nSPS) is 13.1. The summed E-state index contributed by atoms with van der Waals surface area (Å²) >= 11 is 9.33. The molecule has 3 nitrogen and oxygen atoms in total. The zero-order valence-electron chi connectivity index (χ0n) is 9.32. The van der Waals surface area contributed by atoms with Crippen molar-refractivity contribution in [1.29, 1.82) is 0 Å². The number of nitrogens with zero attached hydrogens (tertiary/aromatic N) is 2. The summed E-state index contributed by atoms with van der Waals surface area (Å²) < 4.78 is 14.2. The van der Waals surface area contributed by atoms with Gasteiger partial charge in [0.1, 0.15) is 5.82 Å². The molecule has 0 radical (unpaired) electrons. The lowest BCUT2D eigenvalue weighted by atomic mass is 10.3. The van der Waals surface area contributed by atoms with E-state index in [9.17, 15) is 4.21 Å². The Balaban J connectivity index is 2.48. The van der Waals surface area contributed by atoms with E-state index in [1.165, 1.54) is 0 Å². The first-order valence-electron chi connectivity index (χ1n) is 5.12. The second-order valence-electron chi connectivity index (χ2n) is 3.72. The maximum absolute atomic E-state index is 11.2. The van der Waals surface area contributed by atoms with Crippen molar-refractivity contribution in [3.63, 3.8) is 0 Å². The van der Waals surface area contributed by atoms with Crippen LogP contribution in [0.1, 0.15) is 5.82 Å². The Hall–Kier alpha value is -0.390. The number of fused-ring (bicyclic) bond motifs is 1. The van der Waals surface area contributed by atoms with Gasteiger partial charge in [0.25, 0.3) is 0 Å². The Bertz CT molecular complexity index is 570. The molecular weight excluding hydrogens is 324 g/mol. The van der Waals surface area contributed by atoms with E-state index in [1.807, 2.05) is 22.8 Å². The number of benzene rings is 1. The predicted octanol–water partition coefficient (Wildman–Crippen LogP) is 2.92. The highest BCUT2D eigenvalue weighted by Gasteiger charge is 2.10. The molecular formula is C11H12BrClN2OS. The van der Waals surface area contributed by atoms with Crippen LogP contribution in [0.2, 0.25) is 0 Å². The van der Waals surface area contributed by atoms with E-state index in [-0.39, 0.29) is 0 Å². The predicted molar refractivity (Wildman–Crippen MR) is 75.9 cm³/mol. The fourth-order valence-corrected chi connectivity index (χ4v) is 2.71. The number of alkyl halides is 1. The Kier molecular flexibility index (Phi) is 4.22. The third-order valence-electron chi connectivity index (χ3n) is 2.51. The average molecular weight is 336 g/mol. The van der Waals surface area contributed by atoms with Crippen molar-refractivity contribution < 1.29 is 4.21 Å². The second kappa shape index (κ2) is 5.50. The summed E-state index contributed by atoms with van der Waals surface area (Å²) in [6.07, 6.45) is 1.70. The van der Waals surface area contributed by atoms with Crippen molar-refractivity contribution in [1.82, 2.24) is 9.55 Å². The largest absolute Gasteiger partial charge is 0.326 e. The van der Waals surface area contributed by atoms with Crippen LogP contribution in [0.15, 0.2) is 22.7 Å². The molecule has 0 bridgehead atoms. The van der Waals surface area contributed by atoms with Gasteiger partial charge in [-0.25, -0.2) is 4.98 Å². The van der Waals surface area contributed by atoms with Gasteiger partial charge in [0.05, 0.1) is 16.9 Å². The Morgan fingerprint density at radius 2 is 2.29 bits per heavy atom. The highest BCUT2D eigenvalue weighted by Crippen LogP contribution is 2.22. The van der Waals surface area contributed by atoms with Crippen LogP contribution in [-0.4, -0.2) is 25.8 Å². The van der Waals surface area contributed by atoms with Gasteiger partial charge in [-0.05, 0) is 18.2 Å². The first-order valence-corrected chi connectivity index (χ1v) is 8.18. The van der Waals surface area contributed by atoms with Gasteiger partial charge in [0, 0.05) is 33.8 Å².